The van der Waals surface area contributed by atoms with E-state index in [1.807, 2.05) is 0 Å². The molecule has 0 radical (unpaired) electrons. The molecule has 0 saturated carbocycles. The Balaban J connectivity index is 2.01. The van der Waals surface area contributed by atoms with Crippen molar-refractivity contribution in [3.8, 4) is 0 Å². The number of rotatable bonds is 7. The fraction of sp³-hybridized carbons (Fsp3) is 0.429. The maximum absolute atomic E-state index is 12.2. The van der Waals surface area contributed by atoms with E-state index < -0.39 is 15.3 Å². The molecule has 0 fully saturated rings. The van der Waals surface area contributed by atoms with Gasteiger partial charge in [-0.3, -0.25) is 4.79 Å². The van der Waals surface area contributed by atoms with Gasteiger partial charge < -0.3 is 5.32 Å². The quantitative estimate of drug-likeness (QED) is 0.684. The summed E-state index contributed by atoms with van der Waals surface area (Å²) in [5.74, 6) is -0.232. The predicted molar refractivity (Wildman–Crippen MR) is 94.6 cm³/mol. The van der Waals surface area contributed by atoms with Crippen molar-refractivity contribution in [3.05, 3.63) is 24.3 Å². The highest BCUT2D eigenvalue weighted by Gasteiger charge is 2.19. The van der Waals surface area contributed by atoms with E-state index in [0.717, 1.165) is 0 Å². The summed E-state index contributed by atoms with van der Waals surface area (Å²) >= 11 is 1.23. The molecule has 0 saturated heterocycles. The van der Waals surface area contributed by atoms with Crippen molar-refractivity contribution in [2.24, 2.45) is 7.05 Å². The molecule has 11 heteroatoms. The number of nitrogens with one attached hydrogen (secondary N) is 2. The van der Waals surface area contributed by atoms with Crippen LogP contribution in [0.5, 0.6) is 0 Å². The van der Waals surface area contributed by atoms with Crippen molar-refractivity contribution in [2.45, 2.75) is 42.1 Å². The minimum Gasteiger partial charge on any atom is -0.325 e. The van der Waals surface area contributed by atoms with Gasteiger partial charge in [-0.15, -0.1) is 5.10 Å². The summed E-state index contributed by atoms with van der Waals surface area (Å²) in [7, 11) is -1.86. The maximum atomic E-state index is 12.2. The van der Waals surface area contributed by atoms with Crippen molar-refractivity contribution in [1.29, 1.82) is 0 Å². The van der Waals surface area contributed by atoms with Gasteiger partial charge in [-0.25, -0.2) is 17.8 Å². The molecule has 1 aromatic carbocycles. The molecule has 0 aliphatic carbocycles. The zero-order valence-corrected chi connectivity index (χ0v) is 15.9. The number of tetrazole rings is 1. The van der Waals surface area contributed by atoms with Crippen LogP contribution >= 0.6 is 11.8 Å². The zero-order chi connectivity index (χ0) is 18.6. The Hall–Kier alpha value is -1.98. The van der Waals surface area contributed by atoms with Gasteiger partial charge in [0.1, 0.15) is 0 Å². The van der Waals surface area contributed by atoms with Crippen LogP contribution in [0.3, 0.4) is 0 Å². The number of thioether (sulfide) groups is 1. The lowest BCUT2D eigenvalue weighted by molar-refractivity contribution is -0.115. The van der Waals surface area contributed by atoms with Crippen molar-refractivity contribution in [2.75, 3.05) is 5.32 Å². The highest BCUT2D eigenvalue weighted by Crippen LogP contribution is 2.21. The van der Waals surface area contributed by atoms with Crippen LogP contribution < -0.4 is 10.0 Å². The van der Waals surface area contributed by atoms with Crippen LogP contribution in [0.2, 0.25) is 0 Å². The Labute approximate surface area is 150 Å². The van der Waals surface area contributed by atoms with Crippen LogP contribution in [-0.4, -0.2) is 45.8 Å². The largest absolute Gasteiger partial charge is 0.325 e. The number of carbonyl (C=O) groups is 1. The highest BCUT2D eigenvalue weighted by atomic mass is 32.2. The van der Waals surface area contributed by atoms with Gasteiger partial charge in [0.25, 0.3) is 0 Å². The third-order valence-electron chi connectivity index (χ3n) is 3.06. The van der Waals surface area contributed by atoms with Crippen LogP contribution in [0, 0.1) is 0 Å². The first-order valence-corrected chi connectivity index (χ1v) is 9.87. The molecule has 9 nitrogen and oxygen atoms in total. The number of anilines is 1. The Morgan fingerprint density at radius 2 is 1.84 bits per heavy atom. The molecule has 25 heavy (non-hydrogen) atoms. The lowest BCUT2D eigenvalue weighted by Crippen LogP contribution is -2.30. The van der Waals surface area contributed by atoms with E-state index in [1.165, 1.54) is 28.6 Å². The first-order chi connectivity index (χ1) is 11.7. The lowest BCUT2D eigenvalue weighted by Gasteiger charge is -2.12. The lowest BCUT2D eigenvalue weighted by atomic mass is 10.3. The van der Waals surface area contributed by atoms with Crippen LogP contribution in [0.1, 0.15) is 20.8 Å². The van der Waals surface area contributed by atoms with Crippen LogP contribution in [0.25, 0.3) is 0 Å². The summed E-state index contributed by atoms with van der Waals surface area (Å²) in [6.07, 6.45) is 0. The average Bonchev–Trinajstić information content (AvgIpc) is 2.91. The van der Waals surface area contributed by atoms with Gasteiger partial charge in [0, 0.05) is 18.8 Å². The number of aromatic nitrogens is 4. The molecule has 2 rings (SSSR count). The second-order valence-electron chi connectivity index (χ2n) is 5.63. The van der Waals surface area contributed by atoms with E-state index in [9.17, 15) is 13.2 Å². The highest BCUT2D eigenvalue weighted by molar-refractivity contribution is 8.00. The van der Waals surface area contributed by atoms with E-state index >= 15 is 0 Å². The topological polar surface area (TPSA) is 119 Å². The van der Waals surface area contributed by atoms with Gasteiger partial charge in [0.05, 0.1) is 10.1 Å². The van der Waals surface area contributed by atoms with Crippen molar-refractivity contribution < 1.29 is 13.2 Å². The Bertz CT molecular complexity index is 833. The van der Waals surface area contributed by atoms with Crippen molar-refractivity contribution in [3.63, 3.8) is 0 Å². The molecule has 1 unspecified atom stereocenters. The molecule has 0 aliphatic heterocycles. The SMILES string of the molecule is CC(C)NS(=O)(=O)c1ccc(NC(=O)C(C)Sc2nnnn2C)cc1. The summed E-state index contributed by atoms with van der Waals surface area (Å²) in [5, 5.41) is 13.9. The number of benzene rings is 1. The molecule has 1 aromatic heterocycles. The van der Waals surface area contributed by atoms with E-state index in [0.29, 0.717) is 10.8 Å². The molecule has 2 aromatic rings. The Morgan fingerprint density at radius 1 is 1.20 bits per heavy atom. The summed E-state index contributed by atoms with van der Waals surface area (Å²) in [5.41, 5.74) is 0.511. The third kappa shape index (κ3) is 5.25. The minimum absolute atomic E-state index is 0.145. The molecule has 0 spiro atoms. The maximum Gasteiger partial charge on any atom is 0.240 e. The molecule has 2 N–H and O–H groups in total. The van der Waals surface area contributed by atoms with E-state index in [4.69, 9.17) is 0 Å². The van der Waals surface area contributed by atoms with Gasteiger partial charge in [-0.05, 0) is 55.5 Å². The van der Waals surface area contributed by atoms with Crippen LogP contribution in [-0.2, 0) is 21.9 Å². The van der Waals surface area contributed by atoms with Crippen LogP contribution in [0.15, 0.2) is 34.3 Å². The Kier molecular flexibility index (Phi) is 6.14. The fourth-order valence-corrected chi connectivity index (χ4v) is 3.88. The molecule has 1 amide bonds. The number of carbonyl (C=O) groups excluding carboxylic acids is 1. The number of sulfonamides is 1. The van der Waals surface area contributed by atoms with Gasteiger partial charge in [0.2, 0.25) is 21.1 Å². The smallest absolute Gasteiger partial charge is 0.240 e. The number of aryl methyl sites for hydroxylation is 1. The summed E-state index contributed by atoms with van der Waals surface area (Å²) in [6, 6.07) is 5.80. The molecular formula is C14H20N6O3S2. The molecular weight excluding hydrogens is 364 g/mol. The molecule has 136 valence electrons. The zero-order valence-electron chi connectivity index (χ0n) is 14.3. The molecule has 0 aliphatic rings. The predicted octanol–water partition coefficient (Wildman–Crippen LogP) is 1.02. The van der Waals surface area contributed by atoms with Crippen molar-refractivity contribution >= 4 is 33.4 Å². The van der Waals surface area contributed by atoms with Crippen molar-refractivity contribution in [1.82, 2.24) is 24.9 Å². The van der Waals surface area contributed by atoms with E-state index in [1.54, 1.807) is 40.0 Å². The second kappa shape index (κ2) is 7.93. The molecule has 0 bridgehead atoms. The number of hydrogen-bond acceptors (Lipinski definition) is 7. The van der Waals surface area contributed by atoms with Crippen LogP contribution in [0.4, 0.5) is 5.69 Å². The van der Waals surface area contributed by atoms with Gasteiger partial charge >= 0.3 is 0 Å². The van der Waals surface area contributed by atoms with E-state index in [-0.39, 0.29) is 16.8 Å². The Morgan fingerprint density at radius 3 is 2.36 bits per heavy atom. The number of amides is 1. The van der Waals surface area contributed by atoms with Gasteiger partial charge in [-0.2, -0.15) is 0 Å². The van der Waals surface area contributed by atoms with E-state index in [2.05, 4.69) is 25.6 Å². The number of nitrogens with zero attached hydrogens (tertiary/aromatic N) is 4. The average molecular weight is 384 g/mol. The normalized spacial score (nSPS) is 13.0. The molecule has 1 atom stereocenters. The first kappa shape index (κ1) is 19.3. The minimum atomic E-state index is -3.55. The van der Waals surface area contributed by atoms with Gasteiger partial charge in [-0.1, -0.05) is 11.8 Å². The number of hydrogen-bond donors (Lipinski definition) is 2. The summed E-state index contributed by atoms with van der Waals surface area (Å²) < 4.78 is 28.1. The molecule has 1 heterocycles. The van der Waals surface area contributed by atoms with Gasteiger partial charge in [0.15, 0.2) is 0 Å². The summed E-state index contributed by atoms with van der Waals surface area (Å²) in [6.45, 7) is 5.23. The standard InChI is InChI=1S/C14H20N6O3S2/c1-9(2)17-25(22,23)12-7-5-11(6-8-12)15-13(21)10(3)24-14-16-18-19-20(14)4/h5-10,17H,1-4H3,(H,15,21). The fourth-order valence-electron chi connectivity index (χ4n) is 1.87. The first-order valence-electron chi connectivity index (χ1n) is 7.51. The monoisotopic (exact) mass is 384 g/mol. The summed E-state index contributed by atoms with van der Waals surface area (Å²) in [4.78, 5) is 12.4. The second-order valence-corrected chi connectivity index (χ2v) is 8.66. The third-order valence-corrected chi connectivity index (χ3v) is 5.85.